The van der Waals surface area contributed by atoms with E-state index in [1.807, 2.05) is 31.2 Å². The van der Waals surface area contributed by atoms with E-state index in [2.05, 4.69) is 5.32 Å². The number of fused-ring (bicyclic) bond motifs is 1. The maximum Gasteiger partial charge on any atom is 0.287 e. The number of aryl methyl sites for hydroxylation is 1. The number of ether oxygens (including phenoxy) is 1. The number of para-hydroxylation sites is 1. The lowest BCUT2D eigenvalue weighted by Gasteiger charge is -2.04. The molecule has 0 bridgehead atoms. The van der Waals surface area contributed by atoms with E-state index in [0.717, 1.165) is 16.5 Å². The predicted octanol–water partition coefficient (Wildman–Crippen LogP) is 1.87. The number of carbonyl (C=O) groups is 1. The average Bonchev–Trinajstić information content (AvgIpc) is 2.80. The van der Waals surface area contributed by atoms with Gasteiger partial charge in [0, 0.05) is 24.1 Å². The van der Waals surface area contributed by atoms with Crippen molar-refractivity contribution >= 4 is 16.9 Å². The zero-order valence-corrected chi connectivity index (χ0v) is 11.5. The highest BCUT2D eigenvalue weighted by Gasteiger charge is 2.16. The Kier molecular flexibility index (Phi) is 5.15. The highest BCUT2D eigenvalue weighted by atomic mass is 16.5. The highest BCUT2D eigenvalue weighted by molar-refractivity contribution is 5.98. The number of furan rings is 1. The molecule has 0 aliphatic heterocycles. The molecule has 2 rings (SSSR count). The molecule has 2 aromatic rings. The highest BCUT2D eigenvalue weighted by Crippen LogP contribution is 2.24. The minimum atomic E-state index is -0.208. The van der Waals surface area contributed by atoms with Gasteiger partial charge in [-0.25, -0.2) is 0 Å². The summed E-state index contributed by atoms with van der Waals surface area (Å²) in [5.41, 5.74) is 1.58. The maximum absolute atomic E-state index is 12.0. The Labute approximate surface area is 117 Å². The Bertz CT molecular complexity index is 576. The SMILES string of the molecule is Cc1c(C(=O)NCCCOCCO)oc2ccccc12. The van der Waals surface area contributed by atoms with Gasteiger partial charge >= 0.3 is 0 Å². The molecule has 0 atom stereocenters. The number of aliphatic hydroxyl groups is 1. The zero-order chi connectivity index (χ0) is 14.4. The minimum Gasteiger partial charge on any atom is -0.451 e. The standard InChI is InChI=1S/C15H19NO4/c1-11-12-5-2-3-6-13(12)20-14(11)15(18)16-7-4-9-19-10-8-17/h2-3,5-6,17H,4,7-10H2,1H3,(H,16,18). The van der Waals surface area contributed by atoms with Crippen molar-refractivity contribution < 1.29 is 19.1 Å². The molecule has 0 saturated carbocycles. The van der Waals surface area contributed by atoms with Gasteiger partial charge in [0.25, 0.3) is 5.91 Å². The van der Waals surface area contributed by atoms with E-state index < -0.39 is 0 Å². The van der Waals surface area contributed by atoms with Crippen LogP contribution in [0.3, 0.4) is 0 Å². The third kappa shape index (κ3) is 3.37. The van der Waals surface area contributed by atoms with Crippen molar-refractivity contribution in [3.05, 3.63) is 35.6 Å². The topological polar surface area (TPSA) is 71.7 Å². The predicted molar refractivity (Wildman–Crippen MR) is 75.8 cm³/mol. The van der Waals surface area contributed by atoms with Crippen LogP contribution >= 0.6 is 0 Å². The molecule has 20 heavy (non-hydrogen) atoms. The summed E-state index contributed by atoms with van der Waals surface area (Å²) in [6.07, 6.45) is 0.699. The second-order valence-corrected chi connectivity index (χ2v) is 4.50. The van der Waals surface area contributed by atoms with Crippen molar-refractivity contribution in [2.45, 2.75) is 13.3 Å². The second-order valence-electron chi connectivity index (χ2n) is 4.50. The van der Waals surface area contributed by atoms with E-state index in [1.54, 1.807) is 0 Å². The largest absolute Gasteiger partial charge is 0.451 e. The number of carbonyl (C=O) groups excluding carboxylic acids is 1. The number of hydrogen-bond donors (Lipinski definition) is 2. The van der Waals surface area contributed by atoms with Crippen LogP contribution < -0.4 is 5.32 Å². The lowest BCUT2D eigenvalue weighted by molar-refractivity contribution is 0.0856. The van der Waals surface area contributed by atoms with Crippen LogP contribution in [-0.4, -0.2) is 37.4 Å². The second kappa shape index (κ2) is 7.07. The Hall–Kier alpha value is -1.85. The number of rotatable bonds is 7. The summed E-state index contributed by atoms with van der Waals surface area (Å²) < 4.78 is 10.7. The van der Waals surface area contributed by atoms with Gasteiger partial charge in [-0.3, -0.25) is 4.79 Å². The first kappa shape index (κ1) is 14.6. The first-order chi connectivity index (χ1) is 9.74. The van der Waals surface area contributed by atoms with Crippen molar-refractivity contribution in [1.82, 2.24) is 5.32 Å². The summed E-state index contributed by atoms with van der Waals surface area (Å²) in [4.78, 5) is 12.0. The quantitative estimate of drug-likeness (QED) is 0.758. The van der Waals surface area contributed by atoms with Crippen LogP contribution in [0.4, 0.5) is 0 Å². The number of hydrogen-bond acceptors (Lipinski definition) is 4. The van der Waals surface area contributed by atoms with Gasteiger partial charge in [-0.05, 0) is 19.4 Å². The van der Waals surface area contributed by atoms with Gasteiger partial charge in [-0.15, -0.1) is 0 Å². The lowest BCUT2D eigenvalue weighted by atomic mass is 10.1. The fraction of sp³-hybridized carbons (Fsp3) is 0.400. The van der Waals surface area contributed by atoms with E-state index in [0.29, 0.717) is 31.9 Å². The Balaban J connectivity index is 1.89. The molecule has 1 heterocycles. The van der Waals surface area contributed by atoms with Gasteiger partial charge in [0.2, 0.25) is 0 Å². The molecule has 0 radical (unpaired) electrons. The maximum atomic E-state index is 12.0. The third-order valence-electron chi connectivity index (χ3n) is 3.04. The molecule has 0 fully saturated rings. The average molecular weight is 277 g/mol. The van der Waals surface area contributed by atoms with Crippen molar-refractivity contribution in [2.75, 3.05) is 26.4 Å². The molecule has 1 aromatic heterocycles. The Morgan fingerprint density at radius 2 is 2.15 bits per heavy atom. The summed E-state index contributed by atoms with van der Waals surface area (Å²) in [5, 5.41) is 12.3. The molecule has 2 N–H and O–H groups in total. The number of amides is 1. The molecule has 0 saturated heterocycles. The molecular weight excluding hydrogens is 258 g/mol. The van der Waals surface area contributed by atoms with Crippen molar-refractivity contribution in [2.24, 2.45) is 0 Å². The summed E-state index contributed by atoms with van der Waals surface area (Å²) in [6, 6.07) is 7.59. The van der Waals surface area contributed by atoms with Crippen LogP contribution in [0.5, 0.6) is 0 Å². The first-order valence-electron chi connectivity index (χ1n) is 6.69. The van der Waals surface area contributed by atoms with Gasteiger partial charge in [0.05, 0.1) is 13.2 Å². The van der Waals surface area contributed by atoms with E-state index >= 15 is 0 Å². The van der Waals surface area contributed by atoms with Crippen LogP contribution in [0.1, 0.15) is 22.5 Å². The molecular formula is C15H19NO4. The minimum absolute atomic E-state index is 0.0184. The number of nitrogens with one attached hydrogen (secondary N) is 1. The molecule has 1 amide bonds. The lowest BCUT2D eigenvalue weighted by Crippen LogP contribution is -2.25. The fourth-order valence-corrected chi connectivity index (χ4v) is 2.01. The molecule has 0 spiro atoms. The summed E-state index contributed by atoms with van der Waals surface area (Å²) in [7, 11) is 0. The van der Waals surface area contributed by atoms with Gasteiger partial charge in [0.15, 0.2) is 5.76 Å². The van der Waals surface area contributed by atoms with E-state index in [1.165, 1.54) is 0 Å². The summed E-state index contributed by atoms with van der Waals surface area (Å²) in [5.74, 6) is 0.156. The van der Waals surface area contributed by atoms with Crippen LogP contribution in [0.2, 0.25) is 0 Å². The number of aliphatic hydroxyl groups excluding tert-OH is 1. The summed E-state index contributed by atoms with van der Waals surface area (Å²) in [6.45, 7) is 3.26. The normalized spacial score (nSPS) is 10.9. The van der Waals surface area contributed by atoms with Crippen LogP contribution in [0, 0.1) is 6.92 Å². The summed E-state index contributed by atoms with van der Waals surface area (Å²) >= 11 is 0. The Morgan fingerprint density at radius 1 is 1.35 bits per heavy atom. The molecule has 108 valence electrons. The van der Waals surface area contributed by atoms with Gasteiger partial charge in [0.1, 0.15) is 5.58 Å². The van der Waals surface area contributed by atoms with E-state index in [9.17, 15) is 4.79 Å². The van der Waals surface area contributed by atoms with Crippen LogP contribution in [-0.2, 0) is 4.74 Å². The molecule has 1 aromatic carbocycles. The Morgan fingerprint density at radius 3 is 2.90 bits per heavy atom. The monoisotopic (exact) mass is 277 g/mol. The first-order valence-corrected chi connectivity index (χ1v) is 6.69. The van der Waals surface area contributed by atoms with Crippen molar-refractivity contribution in [1.29, 1.82) is 0 Å². The molecule has 0 aliphatic rings. The van der Waals surface area contributed by atoms with Crippen molar-refractivity contribution in [3.63, 3.8) is 0 Å². The molecule has 0 aliphatic carbocycles. The molecule has 5 heteroatoms. The van der Waals surface area contributed by atoms with Gasteiger partial charge < -0.3 is 19.6 Å². The van der Waals surface area contributed by atoms with Crippen LogP contribution in [0.25, 0.3) is 11.0 Å². The third-order valence-corrected chi connectivity index (χ3v) is 3.04. The smallest absolute Gasteiger partial charge is 0.287 e. The van der Waals surface area contributed by atoms with Crippen molar-refractivity contribution in [3.8, 4) is 0 Å². The van der Waals surface area contributed by atoms with E-state index in [-0.39, 0.29) is 12.5 Å². The van der Waals surface area contributed by atoms with E-state index in [4.69, 9.17) is 14.3 Å². The van der Waals surface area contributed by atoms with Gasteiger partial charge in [-0.2, -0.15) is 0 Å². The van der Waals surface area contributed by atoms with Gasteiger partial charge in [-0.1, -0.05) is 18.2 Å². The fourth-order valence-electron chi connectivity index (χ4n) is 2.01. The van der Waals surface area contributed by atoms with Crippen LogP contribution in [0.15, 0.2) is 28.7 Å². The number of benzene rings is 1. The zero-order valence-electron chi connectivity index (χ0n) is 11.5. The molecule has 0 unspecified atom stereocenters. The molecule has 5 nitrogen and oxygen atoms in total.